The third-order valence-electron chi connectivity index (χ3n) is 2.18. The number of aromatic nitrogens is 1. The van der Waals surface area contributed by atoms with Crippen LogP contribution in [0, 0.1) is 18.6 Å². The number of nitrogens with one attached hydrogen (secondary N) is 1. The molecule has 0 atom stereocenters. The molecular weight excluding hydrogens is 290 g/mol. The fourth-order valence-electron chi connectivity index (χ4n) is 1.36. The molecule has 0 saturated carbocycles. The summed E-state index contributed by atoms with van der Waals surface area (Å²) in [5, 5.41) is 2.63. The van der Waals surface area contributed by atoms with Crippen LogP contribution in [0.2, 0.25) is 0 Å². The van der Waals surface area contributed by atoms with E-state index in [0.717, 1.165) is 5.56 Å². The van der Waals surface area contributed by atoms with E-state index in [9.17, 15) is 8.78 Å². The molecule has 0 aliphatic heterocycles. The number of nitrogens with zero attached hydrogens (tertiary/aromatic N) is 1. The predicted octanol–water partition coefficient (Wildman–Crippen LogP) is 4.17. The lowest BCUT2D eigenvalue weighted by Crippen LogP contribution is -2.00. The van der Waals surface area contributed by atoms with Crippen LogP contribution in [0.25, 0.3) is 0 Å². The topological polar surface area (TPSA) is 24.9 Å². The van der Waals surface area contributed by atoms with E-state index in [1.165, 1.54) is 18.2 Å². The van der Waals surface area contributed by atoms with Gasteiger partial charge in [-0.15, -0.1) is 0 Å². The summed E-state index contributed by atoms with van der Waals surface area (Å²) in [7, 11) is 0. The van der Waals surface area contributed by atoms with Gasteiger partial charge in [-0.2, -0.15) is 0 Å². The molecule has 5 heteroatoms. The molecule has 0 radical (unpaired) electrons. The predicted molar refractivity (Wildman–Crippen MR) is 66.3 cm³/mol. The zero-order chi connectivity index (χ0) is 12.4. The van der Waals surface area contributed by atoms with Crippen LogP contribution in [0.15, 0.2) is 34.9 Å². The smallest absolute Gasteiger partial charge is 0.149 e. The summed E-state index contributed by atoms with van der Waals surface area (Å²) in [6.45, 7) is 1.88. The number of anilines is 2. The van der Waals surface area contributed by atoms with Crippen LogP contribution in [0.1, 0.15) is 5.56 Å². The number of aryl methyl sites for hydroxylation is 1. The van der Waals surface area contributed by atoms with Gasteiger partial charge >= 0.3 is 0 Å². The van der Waals surface area contributed by atoms with Crippen molar-refractivity contribution in [1.29, 1.82) is 0 Å². The van der Waals surface area contributed by atoms with Crippen LogP contribution < -0.4 is 5.32 Å². The number of rotatable bonds is 2. The highest BCUT2D eigenvalue weighted by Crippen LogP contribution is 2.27. The normalized spacial score (nSPS) is 10.4. The third-order valence-corrected chi connectivity index (χ3v) is 2.79. The molecular formula is C12H9BrF2N2. The lowest BCUT2D eigenvalue weighted by atomic mass is 10.2. The molecule has 1 aromatic heterocycles. The Morgan fingerprint density at radius 2 is 1.88 bits per heavy atom. The Bertz CT molecular complexity index is 538. The van der Waals surface area contributed by atoms with E-state index in [2.05, 4.69) is 26.2 Å². The molecule has 0 aliphatic rings. The van der Waals surface area contributed by atoms with E-state index < -0.39 is 11.6 Å². The Morgan fingerprint density at radius 3 is 2.47 bits per heavy atom. The van der Waals surface area contributed by atoms with Crippen molar-refractivity contribution in [2.45, 2.75) is 6.92 Å². The van der Waals surface area contributed by atoms with Crippen molar-refractivity contribution >= 4 is 27.4 Å². The second kappa shape index (κ2) is 4.79. The van der Waals surface area contributed by atoms with Gasteiger partial charge in [0.05, 0.1) is 4.47 Å². The highest BCUT2D eigenvalue weighted by Gasteiger charge is 2.10. The minimum atomic E-state index is -0.653. The molecule has 0 spiro atoms. The van der Waals surface area contributed by atoms with Gasteiger partial charge in [-0.25, -0.2) is 13.8 Å². The molecule has 0 unspecified atom stereocenters. The van der Waals surface area contributed by atoms with Gasteiger partial charge in [0.25, 0.3) is 0 Å². The van der Waals surface area contributed by atoms with Gasteiger partial charge in [-0.05, 0) is 46.6 Å². The summed E-state index contributed by atoms with van der Waals surface area (Å²) in [5.74, 6) is -0.932. The molecule has 2 nitrogen and oxygen atoms in total. The molecule has 0 aliphatic carbocycles. The Kier molecular flexibility index (Phi) is 3.38. The van der Waals surface area contributed by atoms with E-state index >= 15 is 0 Å². The van der Waals surface area contributed by atoms with Gasteiger partial charge in [-0.3, -0.25) is 0 Å². The van der Waals surface area contributed by atoms with E-state index in [0.29, 0.717) is 10.3 Å². The first-order chi connectivity index (χ1) is 8.08. The second-order valence-electron chi connectivity index (χ2n) is 3.56. The van der Waals surface area contributed by atoms with E-state index in [4.69, 9.17) is 0 Å². The van der Waals surface area contributed by atoms with Crippen LogP contribution in [0.4, 0.5) is 20.3 Å². The Balaban J connectivity index is 2.38. The molecule has 17 heavy (non-hydrogen) atoms. The highest BCUT2D eigenvalue weighted by molar-refractivity contribution is 9.10. The first-order valence-corrected chi connectivity index (χ1v) is 5.70. The molecule has 0 amide bonds. The quantitative estimate of drug-likeness (QED) is 0.900. The van der Waals surface area contributed by atoms with E-state index in [1.54, 1.807) is 6.20 Å². The average Bonchev–Trinajstić information content (AvgIpc) is 2.26. The third kappa shape index (κ3) is 2.61. The number of hydrogen-bond donors (Lipinski definition) is 1. The maximum absolute atomic E-state index is 13.4. The van der Waals surface area contributed by atoms with Crippen LogP contribution in [0.5, 0.6) is 0 Å². The number of benzene rings is 1. The van der Waals surface area contributed by atoms with Gasteiger partial charge in [-0.1, -0.05) is 6.07 Å². The molecule has 1 aromatic carbocycles. The highest BCUT2D eigenvalue weighted by atomic mass is 79.9. The van der Waals surface area contributed by atoms with Crippen molar-refractivity contribution in [3.8, 4) is 0 Å². The van der Waals surface area contributed by atoms with Crippen molar-refractivity contribution in [2.75, 3.05) is 5.32 Å². The van der Waals surface area contributed by atoms with Crippen molar-refractivity contribution in [3.05, 3.63) is 52.1 Å². The monoisotopic (exact) mass is 298 g/mol. The maximum Gasteiger partial charge on any atom is 0.149 e. The Morgan fingerprint density at radius 1 is 1.24 bits per heavy atom. The van der Waals surface area contributed by atoms with Crippen LogP contribution >= 0.6 is 15.9 Å². The summed E-state index contributed by atoms with van der Waals surface area (Å²) >= 11 is 3.28. The SMILES string of the molecule is Cc1cnc(Nc2c(F)cccc2F)c(Br)c1. The van der Waals surface area contributed by atoms with Gasteiger partial charge in [0, 0.05) is 6.20 Å². The zero-order valence-electron chi connectivity index (χ0n) is 8.97. The van der Waals surface area contributed by atoms with Crippen LogP contribution in [-0.2, 0) is 0 Å². The number of pyridine rings is 1. The fraction of sp³-hybridized carbons (Fsp3) is 0.0833. The van der Waals surface area contributed by atoms with Crippen molar-refractivity contribution in [1.82, 2.24) is 4.98 Å². The summed E-state index contributed by atoms with van der Waals surface area (Å²) < 4.78 is 27.5. The lowest BCUT2D eigenvalue weighted by Gasteiger charge is -2.09. The molecule has 1 N–H and O–H groups in total. The first kappa shape index (κ1) is 12.0. The number of hydrogen-bond acceptors (Lipinski definition) is 2. The summed E-state index contributed by atoms with van der Waals surface area (Å²) in [4.78, 5) is 4.06. The Hall–Kier alpha value is -1.49. The van der Waals surface area contributed by atoms with Gasteiger partial charge in [0.1, 0.15) is 23.1 Å². The van der Waals surface area contributed by atoms with Gasteiger partial charge < -0.3 is 5.32 Å². The largest absolute Gasteiger partial charge is 0.334 e. The minimum Gasteiger partial charge on any atom is -0.334 e. The van der Waals surface area contributed by atoms with Crippen molar-refractivity contribution in [2.24, 2.45) is 0 Å². The van der Waals surface area contributed by atoms with Crippen molar-refractivity contribution in [3.63, 3.8) is 0 Å². The van der Waals surface area contributed by atoms with Crippen molar-refractivity contribution < 1.29 is 8.78 Å². The number of halogens is 3. The summed E-state index contributed by atoms with van der Waals surface area (Å²) in [6, 6.07) is 5.50. The standard InChI is InChI=1S/C12H9BrF2N2/c1-7-5-8(13)12(16-6-7)17-11-9(14)3-2-4-10(11)15/h2-6H,1H3,(H,16,17). The van der Waals surface area contributed by atoms with Gasteiger partial charge in [0.2, 0.25) is 0 Å². The molecule has 0 saturated heterocycles. The zero-order valence-corrected chi connectivity index (χ0v) is 10.6. The summed E-state index contributed by atoms with van der Waals surface area (Å²) in [6.07, 6.45) is 1.62. The molecule has 88 valence electrons. The Labute approximate surface area is 106 Å². The molecule has 0 fully saturated rings. The first-order valence-electron chi connectivity index (χ1n) is 4.91. The molecule has 1 heterocycles. The fourth-order valence-corrected chi connectivity index (χ4v) is 1.92. The second-order valence-corrected chi connectivity index (χ2v) is 4.42. The minimum absolute atomic E-state index is 0.204. The summed E-state index contributed by atoms with van der Waals surface area (Å²) in [5.41, 5.74) is 0.751. The van der Waals surface area contributed by atoms with E-state index in [-0.39, 0.29) is 5.69 Å². The molecule has 2 aromatic rings. The molecule has 2 rings (SSSR count). The lowest BCUT2D eigenvalue weighted by molar-refractivity contribution is 0.590. The maximum atomic E-state index is 13.4. The van der Waals surface area contributed by atoms with Crippen LogP contribution in [-0.4, -0.2) is 4.98 Å². The van der Waals surface area contributed by atoms with E-state index in [1.807, 2.05) is 13.0 Å². The number of para-hydroxylation sites is 1. The average molecular weight is 299 g/mol. The van der Waals surface area contributed by atoms with Gasteiger partial charge in [0.15, 0.2) is 0 Å². The van der Waals surface area contributed by atoms with Crippen LogP contribution in [0.3, 0.4) is 0 Å². The molecule has 0 bridgehead atoms.